The number of anilines is 1. The Hall–Kier alpha value is -1.55. The molecule has 0 heterocycles. The Balaban J connectivity index is 2.64. The zero-order chi connectivity index (χ0) is 13.5. The van der Waals surface area contributed by atoms with Crippen molar-refractivity contribution in [2.45, 2.75) is 19.8 Å². The second-order valence-corrected chi connectivity index (χ2v) is 4.47. The molecule has 0 saturated carbocycles. The fraction of sp³-hybridized carbons (Fsp3) is 0.500. The molecule has 0 amide bonds. The first-order valence-corrected chi connectivity index (χ1v) is 6.23. The largest absolute Gasteiger partial charge is 0.495 e. The van der Waals surface area contributed by atoms with Crippen LogP contribution in [0.15, 0.2) is 18.2 Å². The summed E-state index contributed by atoms with van der Waals surface area (Å²) in [6, 6.07) is 5.16. The van der Waals surface area contributed by atoms with Gasteiger partial charge in [-0.3, -0.25) is 9.69 Å². The van der Waals surface area contributed by atoms with Crippen LogP contribution < -0.4 is 10.5 Å². The van der Waals surface area contributed by atoms with Crippen LogP contribution in [0.1, 0.15) is 30.1 Å². The van der Waals surface area contributed by atoms with Crippen LogP contribution in [0.25, 0.3) is 0 Å². The summed E-state index contributed by atoms with van der Waals surface area (Å²) in [6.45, 7) is 3.50. The Morgan fingerprint density at radius 3 is 2.72 bits per heavy atom. The summed E-state index contributed by atoms with van der Waals surface area (Å²) in [7, 11) is 3.52. The quantitative estimate of drug-likeness (QED) is 0.595. The molecule has 0 aliphatic heterocycles. The summed E-state index contributed by atoms with van der Waals surface area (Å²) in [5.41, 5.74) is 6.93. The van der Waals surface area contributed by atoms with Crippen LogP contribution in [-0.4, -0.2) is 37.9 Å². The lowest BCUT2D eigenvalue weighted by molar-refractivity contribution is 0.0945. The predicted octanol–water partition coefficient (Wildman–Crippen LogP) is 2.19. The van der Waals surface area contributed by atoms with Crippen molar-refractivity contribution in [1.29, 1.82) is 0 Å². The van der Waals surface area contributed by atoms with E-state index in [1.807, 2.05) is 11.9 Å². The van der Waals surface area contributed by atoms with Crippen molar-refractivity contribution in [3.05, 3.63) is 23.8 Å². The van der Waals surface area contributed by atoms with E-state index in [-0.39, 0.29) is 5.78 Å². The van der Waals surface area contributed by atoms with Gasteiger partial charge in [-0.2, -0.15) is 0 Å². The molecule has 1 aromatic rings. The van der Waals surface area contributed by atoms with Crippen molar-refractivity contribution in [2.75, 3.05) is 33.0 Å². The number of carbonyl (C=O) groups is 1. The van der Waals surface area contributed by atoms with E-state index in [1.165, 1.54) is 0 Å². The molecule has 4 heteroatoms. The van der Waals surface area contributed by atoms with Crippen molar-refractivity contribution in [3.8, 4) is 5.75 Å². The van der Waals surface area contributed by atoms with Gasteiger partial charge in [-0.05, 0) is 38.2 Å². The average molecular weight is 250 g/mol. The third kappa shape index (κ3) is 4.04. The molecule has 18 heavy (non-hydrogen) atoms. The van der Waals surface area contributed by atoms with Gasteiger partial charge in [0, 0.05) is 5.56 Å². The Labute approximate surface area is 109 Å². The predicted molar refractivity (Wildman–Crippen MR) is 74.1 cm³/mol. The standard InChI is InChI=1S/C14H22N2O2/c1-4-5-8-16(2)10-13(17)11-6-7-14(18-3)12(15)9-11/h6-7,9H,4-5,8,10,15H2,1-3H3. The molecular weight excluding hydrogens is 228 g/mol. The number of hydrogen-bond acceptors (Lipinski definition) is 4. The molecule has 0 saturated heterocycles. The molecule has 1 aromatic carbocycles. The highest BCUT2D eigenvalue weighted by Gasteiger charge is 2.11. The second-order valence-electron chi connectivity index (χ2n) is 4.47. The molecule has 2 N–H and O–H groups in total. The van der Waals surface area contributed by atoms with Crippen LogP contribution in [0, 0.1) is 0 Å². The van der Waals surface area contributed by atoms with Crippen LogP contribution in [-0.2, 0) is 0 Å². The normalized spacial score (nSPS) is 10.7. The maximum absolute atomic E-state index is 12.0. The van der Waals surface area contributed by atoms with Gasteiger partial charge in [0.2, 0.25) is 0 Å². The Morgan fingerprint density at radius 1 is 1.44 bits per heavy atom. The van der Waals surface area contributed by atoms with Crippen LogP contribution >= 0.6 is 0 Å². The maximum atomic E-state index is 12.0. The van der Waals surface area contributed by atoms with Gasteiger partial charge in [0.15, 0.2) is 5.78 Å². The van der Waals surface area contributed by atoms with Crippen molar-refractivity contribution in [1.82, 2.24) is 4.90 Å². The number of Topliss-reactive ketones (excluding diaryl/α,β-unsaturated/α-hetero) is 1. The SMILES string of the molecule is CCCCN(C)CC(=O)c1ccc(OC)c(N)c1. The molecule has 0 aliphatic rings. The van der Waals surface area contributed by atoms with E-state index in [9.17, 15) is 4.79 Å². The highest BCUT2D eigenvalue weighted by molar-refractivity contribution is 5.98. The molecule has 0 aromatic heterocycles. The summed E-state index contributed by atoms with van der Waals surface area (Å²) < 4.78 is 5.07. The minimum absolute atomic E-state index is 0.0861. The minimum atomic E-state index is 0.0861. The third-order valence-corrected chi connectivity index (χ3v) is 2.86. The number of ether oxygens (including phenoxy) is 1. The van der Waals surface area contributed by atoms with E-state index in [2.05, 4.69) is 6.92 Å². The Morgan fingerprint density at radius 2 is 2.17 bits per heavy atom. The highest BCUT2D eigenvalue weighted by Crippen LogP contribution is 2.22. The number of nitrogen functional groups attached to an aromatic ring is 1. The van der Waals surface area contributed by atoms with E-state index in [1.54, 1.807) is 25.3 Å². The van der Waals surface area contributed by atoms with E-state index in [0.717, 1.165) is 19.4 Å². The smallest absolute Gasteiger partial charge is 0.176 e. The van der Waals surface area contributed by atoms with Gasteiger partial charge in [0.25, 0.3) is 0 Å². The molecule has 1 rings (SSSR count). The fourth-order valence-corrected chi connectivity index (χ4v) is 1.75. The number of unbranched alkanes of at least 4 members (excludes halogenated alkanes) is 1. The number of methoxy groups -OCH3 is 1. The number of benzene rings is 1. The Bertz CT molecular complexity index is 405. The van der Waals surface area contributed by atoms with Gasteiger partial charge in [-0.25, -0.2) is 0 Å². The van der Waals surface area contributed by atoms with Gasteiger partial charge >= 0.3 is 0 Å². The number of ketones is 1. The number of rotatable bonds is 7. The van der Waals surface area contributed by atoms with E-state index < -0.39 is 0 Å². The number of nitrogens with two attached hydrogens (primary N) is 1. The molecule has 0 unspecified atom stereocenters. The second kappa shape index (κ2) is 7.01. The van der Waals surface area contributed by atoms with Gasteiger partial charge in [-0.1, -0.05) is 13.3 Å². The first kappa shape index (κ1) is 14.5. The zero-order valence-electron chi connectivity index (χ0n) is 11.4. The topological polar surface area (TPSA) is 55.6 Å². The molecule has 0 atom stereocenters. The molecule has 100 valence electrons. The summed E-state index contributed by atoms with van der Waals surface area (Å²) >= 11 is 0. The zero-order valence-corrected chi connectivity index (χ0v) is 11.4. The number of hydrogen-bond donors (Lipinski definition) is 1. The lowest BCUT2D eigenvalue weighted by atomic mass is 10.1. The van der Waals surface area contributed by atoms with Gasteiger partial charge in [-0.15, -0.1) is 0 Å². The van der Waals surface area contributed by atoms with Gasteiger partial charge in [0.05, 0.1) is 19.3 Å². The molecule has 0 spiro atoms. The number of carbonyl (C=O) groups excluding carboxylic acids is 1. The van der Waals surface area contributed by atoms with Gasteiger partial charge < -0.3 is 10.5 Å². The fourth-order valence-electron chi connectivity index (χ4n) is 1.75. The van der Waals surface area contributed by atoms with Crippen LogP contribution in [0.5, 0.6) is 5.75 Å². The summed E-state index contributed by atoms with van der Waals surface area (Å²) in [5.74, 6) is 0.689. The van der Waals surface area contributed by atoms with Crippen molar-refractivity contribution >= 4 is 11.5 Å². The first-order valence-electron chi connectivity index (χ1n) is 6.23. The lowest BCUT2D eigenvalue weighted by Gasteiger charge is -2.15. The average Bonchev–Trinajstić information content (AvgIpc) is 2.36. The summed E-state index contributed by atoms with van der Waals surface area (Å²) in [5, 5.41) is 0. The van der Waals surface area contributed by atoms with Crippen LogP contribution in [0.4, 0.5) is 5.69 Å². The molecule has 0 bridgehead atoms. The Kier molecular flexibility index (Phi) is 5.65. The van der Waals surface area contributed by atoms with Crippen LogP contribution in [0.2, 0.25) is 0 Å². The molecule has 4 nitrogen and oxygen atoms in total. The maximum Gasteiger partial charge on any atom is 0.176 e. The lowest BCUT2D eigenvalue weighted by Crippen LogP contribution is -2.27. The molecular formula is C14H22N2O2. The van der Waals surface area contributed by atoms with E-state index >= 15 is 0 Å². The highest BCUT2D eigenvalue weighted by atomic mass is 16.5. The van der Waals surface area contributed by atoms with E-state index in [0.29, 0.717) is 23.5 Å². The molecule has 0 aliphatic carbocycles. The van der Waals surface area contributed by atoms with E-state index in [4.69, 9.17) is 10.5 Å². The van der Waals surface area contributed by atoms with Gasteiger partial charge in [0.1, 0.15) is 5.75 Å². The first-order chi connectivity index (χ1) is 8.58. The van der Waals surface area contributed by atoms with Crippen molar-refractivity contribution in [3.63, 3.8) is 0 Å². The monoisotopic (exact) mass is 250 g/mol. The molecule has 0 radical (unpaired) electrons. The minimum Gasteiger partial charge on any atom is -0.495 e. The summed E-state index contributed by atoms with van der Waals surface area (Å²) in [4.78, 5) is 14.1. The molecule has 0 fully saturated rings. The van der Waals surface area contributed by atoms with Crippen molar-refractivity contribution < 1.29 is 9.53 Å². The number of likely N-dealkylation sites (N-methyl/N-ethyl adjacent to an activating group) is 1. The summed E-state index contributed by atoms with van der Waals surface area (Å²) in [6.07, 6.45) is 2.24. The van der Waals surface area contributed by atoms with Crippen LogP contribution in [0.3, 0.4) is 0 Å². The third-order valence-electron chi connectivity index (χ3n) is 2.86. The van der Waals surface area contributed by atoms with Crippen molar-refractivity contribution in [2.24, 2.45) is 0 Å². The number of nitrogens with zero attached hydrogens (tertiary/aromatic N) is 1.